The number of hydrogen-bond donors (Lipinski definition) is 1. The van der Waals surface area contributed by atoms with Crippen molar-refractivity contribution in [2.45, 2.75) is 33.1 Å². The number of rotatable bonds is 8. The van der Waals surface area contributed by atoms with Gasteiger partial charge in [-0.2, -0.15) is 0 Å². The van der Waals surface area contributed by atoms with Crippen LogP contribution in [-0.2, 0) is 6.42 Å². The lowest BCUT2D eigenvalue weighted by molar-refractivity contribution is 0.271. The fourth-order valence-electron chi connectivity index (χ4n) is 2.80. The Balaban J connectivity index is 2.12. The van der Waals surface area contributed by atoms with Gasteiger partial charge in [-0.25, -0.2) is 0 Å². The van der Waals surface area contributed by atoms with Crippen LogP contribution in [0.2, 0.25) is 0 Å². The van der Waals surface area contributed by atoms with E-state index in [4.69, 9.17) is 15.2 Å². The van der Waals surface area contributed by atoms with E-state index in [0.29, 0.717) is 12.5 Å². The van der Waals surface area contributed by atoms with Crippen molar-refractivity contribution in [2.24, 2.45) is 11.7 Å². The van der Waals surface area contributed by atoms with Crippen LogP contribution >= 0.6 is 0 Å². The minimum absolute atomic E-state index is 0.287. The second kappa shape index (κ2) is 8.74. The summed E-state index contributed by atoms with van der Waals surface area (Å²) < 4.78 is 11.2. The minimum Gasteiger partial charge on any atom is -0.496 e. The van der Waals surface area contributed by atoms with E-state index < -0.39 is 0 Å². The van der Waals surface area contributed by atoms with E-state index in [2.05, 4.69) is 51.1 Å². The van der Waals surface area contributed by atoms with Gasteiger partial charge < -0.3 is 15.2 Å². The van der Waals surface area contributed by atoms with E-state index in [1.54, 1.807) is 7.11 Å². The maximum absolute atomic E-state index is 6.05. The van der Waals surface area contributed by atoms with Crippen molar-refractivity contribution < 1.29 is 9.47 Å². The molecule has 0 radical (unpaired) electrons. The van der Waals surface area contributed by atoms with Gasteiger partial charge in [0.25, 0.3) is 0 Å². The van der Waals surface area contributed by atoms with Gasteiger partial charge in [0.05, 0.1) is 13.7 Å². The molecule has 3 heteroatoms. The van der Waals surface area contributed by atoms with Crippen LogP contribution in [0.15, 0.2) is 42.5 Å². The Morgan fingerprint density at radius 3 is 2.50 bits per heavy atom. The number of methoxy groups -OCH3 is 1. The zero-order valence-corrected chi connectivity index (χ0v) is 15.2. The first-order valence-electron chi connectivity index (χ1n) is 8.59. The molecule has 2 aromatic rings. The lowest BCUT2D eigenvalue weighted by Gasteiger charge is -2.18. The first kappa shape index (κ1) is 18.3. The Morgan fingerprint density at radius 1 is 1.08 bits per heavy atom. The molecule has 1 atom stereocenters. The molecule has 0 amide bonds. The standard InChI is InChI=1S/C21H29NO2/c1-15(2)14-24-20-7-5-6-17(12-20)11-19(13-22)18-8-9-21(23-4)16(3)10-18/h5-10,12,15,19H,11,13-14,22H2,1-4H3. The molecule has 0 spiro atoms. The van der Waals surface area contributed by atoms with Crippen LogP contribution in [0.5, 0.6) is 11.5 Å². The lowest BCUT2D eigenvalue weighted by atomic mass is 9.91. The van der Waals surface area contributed by atoms with Gasteiger partial charge in [0.15, 0.2) is 0 Å². The number of ether oxygens (including phenoxy) is 2. The molecule has 24 heavy (non-hydrogen) atoms. The average Bonchev–Trinajstić information content (AvgIpc) is 2.58. The van der Waals surface area contributed by atoms with Gasteiger partial charge in [-0.15, -0.1) is 0 Å². The Bertz CT molecular complexity index is 652. The first-order valence-corrected chi connectivity index (χ1v) is 8.59. The van der Waals surface area contributed by atoms with Crippen molar-refractivity contribution in [3.05, 3.63) is 59.2 Å². The van der Waals surface area contributed by atoms with Crippen molar-refractivity contribution in [1.82, 2.24) is 0 Å². The predicted octanol–water partition coefficient (Wildman–Crippen LogP) is 4.32. The van der Waals surface area contributed by atoms with Crippen molar-refractivity contribution >= 4 is 0 Å². The molecule has 2 aromatic carbocycles. The van der Waals surface area contributed by atoms with Crippen LogP contribution < -0.4 is 15.2 Å². The summed E-state index contributed by atoms with van der Waals surface area (Å²) >= 11 is 0. The predicted molar refractivity (Wildman–Crippen MR) is 100 cm³/mol. The monoisotopic (exact) mass is 327 g/mol. The van der Waals surface area contributed by atoms with Gasteiger partial charge in [-0.3, -0.25) is 0 Å². The van der Waals surface area contributed by atoms with Gasteiger partial charge >= 0.3 is 0 Å². The highest BCUT2D eigenvalue weighted by atomic mass is 16.5. The Labute approximate surface area is 145 Å². The molecule has 0 heterocycles. The molecule has 0 saturated carbocycles. The summed E-state index contributed by atoms with van der Waals surface area (Å²) in [4.78, 5) is 0. The highest BCUT2D eigenvalue weighted by Crippen LogP contribution is 2.27. The lowest BCUT2D eigenvalue weighted by Crippen LogP contribution is -2.15. The number of hydrogen-bond acceptors (Lipinski definition) is 3. The molecule has 3 nitrogen and oxygen atoms in total. The topological polar surface area (TPSA) is 44.5 Å². The van der Waals surface area contributed by atoms with Gasteiger partial charge in [0, 0.05) is 5.92 Å². The molecule has 1 unspecified atom stereocenters. The fraction of sp³-hybridized carbons (Fsp3) is 0.429. The highest BCUT2D eigenvalue weighted by molar-refractivity contribution is 5.39. The van der Waals surface area contributed by atoms with Crippen LogP contribution in [0.4, 0.5) is 0 Å². The van der Waals surface area contributed by atoms with Crippen LogP contribution in [0.1, 0.15) is 36.5 Å². The normalized spacial score (nSPS) is 12.2. The van der Waals surface area contributed by atoms with Crippen LogP contribution in [-0.4, -0.2) is 20.3 Å². The molecule has 0 aliphatic carbocycles. The largest absolute Gasteiger partial charge is 0.496 e. The summed E-state index contributed by atoms with van der Waals surface area (Å²) in [6.45, 7) is 7.72. The molecule has 0 aliphatic heterocycles. The van der Waals surface area contributed by atoms with E-state index in [9.17, 15) is 0 Å². The molecule has 2 rings (SSSR count). The first-order chi connectivity index (χ1) is 11.5. The molecule has 0 fully saturated rings. The average molecular weight is 327 g/mol. The SMILES string of the molecule is COc1ccc(C(CN)Cc2cccc(OCC(C)C)c2)cc1C. The molecule has 2 N–H and O–H groups in total. The Kier molecular flexibility index (Phi) is 6.68. The summed E-state index contributed by atoms with van der Waals surface area (Å²) in [6, 6.07) is 14.6. The zero-order valence-electron chi connectivity index (χ0n) is 15.2. The summed E-state index contributed by atoms with van der Waals surface area (Å²) in [5, 5.41) is 0. The van der Waals surface area contributed by atoms with Gasteiger partial charge in [0.1, 0.15) is 11.5 Å². The van der Waals surface area contributed by atoms with E-state index >= 15 is 0 Å². The van der Waals surface area contributed by atoms with Crippen molar-refractivity contribution in [2.75, 3.05) is 20.3 Å². The third-order valence-electron chi connectivity index (χ3n) is 4.14. The quantitative estimate of drug-likeness (QED) is 0.785. The van der Waals surface area contributed by atoms with Crippen LogP contribution in [0, 0.1) is 12.8 Å². The molecule has 0 aromatic heterocycles. The molecule has 130 valence electrons. The molecular formula is C21H29NO2. The molecule has 0 bridgehead atoms. The number of nitrogens with two attached hydrogens (primary N) is 1. The smallest absolute Gasteiger partial charge is 0.121 e. The summed E-state index contributed by atoms with van der Waals surface area (Å²) in [6.07, 6.45) is 0.904. The van der Waals surface area contributed by atoms with Gasteiger partial charge in [-0.1, -0.05) is 38.1 Å². The summed E-state index contributed by atoms with van der Waals surface area (Å²) in [5.74, 6) is 2.66. The second-order valence-electron chi connectivity index (χ2n) is 6.72. The van der Waals surface area contributed by atoms with Crippen molar-refractivity contribution in [3.8, 4) is 11.5 Å². The Morgan fingerprint density at radius 2 is 1.88 bits per heavy atom. The zero-order chi connectivity index (χ0) is 17.5. The third-order valence-corrected chi connectivity index (χ3v) is 4.14. The maximum Gasteiger partial charge on any atom is 0.121 e. The van der Waals surface area contributed by atoms with E-state index in [-0.39, 0.29) is 5.92 Å². The van der Waals surface area contributed by atoms with Crippen molar-refractivity contribution in [1.29, 1.82) is 0 Å². The van der Waals surface area contributed by atoms with Gasteiger partial charge in [-0.05, 0) is 60.7 Å². The minimum atomic E-state index is 0.287. The van der Waals surface area contributed by atoms with E-state index in [1.807, 2.05) is 12.1 Å². The maximum atomic E-state index is 6.05. The molecule has 0 aliphatic rings. The summed E-state index contributed by atoms with van der Waals surface area (Å²) in [7, 11) is 1.70. The Hall–Kier alpha value is -2.00. The van der Waals surface area contributed by atoms with E-state index in [0.717, 1.165) is 30.1 Å². The summed E-state index contributed by atoms with van der Waals surface area (Å²) in [5.41, 5.74) is 9.69. The van der Waals surface area contributed by atoms with E-state index in [1.165, 1.54) is 11.1 Å². The highest BCUT2D eigenvalue weighted by Gasteiger charge is 2.13. The number of benzene rings is 2. The van der Waals surface area contributed by atoms with Crippen LogP contribution in [0.3, 0.4) is 0 Å². The molecular weight excluding hydrogens is 298 g/mol. The van der Waals surface area contributed by atoms with Crippen LogP contribution in [0.25, 0.3) is 0 Å². The molecule has 0 saturated heterocycles. The fourth-order valence-corrected chi connectivity index (χ4v) is 2.80. The van der Waals surface area contributed by atoms with Crippen molar-refractivity contribution in [3.63, 3.8) is 0 Å². The second-order valence-corrected chi connectivity index (χ2v) is 6.72. The number of aryl methyl sites for hydroxylation is 1. The van der Waals surface area contributed by atoms with Gasteiger partial charge in [0.2, 0.25) is 0 Å². The third kappa shape index (κ3) is 5.00.